The van der Waals surface area contributed by atoms with Crippen molar-refractivity contribution in [2.24, 2.45) is 0 Å². The smallest absolute Gasteiger partial charge is 0.376 e. The Hall–Kier alpha value is -1.72. The summed E-state index contributed by atoms with van der Waals surface area (Å²) in [6, 6.07) is 0. The van der Waals surface area contributed by atoms with Gasteiger partial charge in [-0.15, -0.1) is 0 Å². The third kappa shape index (κ3) is 1.90. The molecular weight excluding hydrogens is 179 g/mol. The summed E-state index contributed by atoms with van der Waals surface area (Å²) in [6.45, 7) is 0. The number of hydrogen-bond donors (Lipinski definition) is 0. The van der Waals surface area contributed by atoms with E-state index >= 15 is 0 Å². The average molecular weight is 186 g/mol. The van der Waals surface area contributed by atoms with Crippen LogP contribution < -0.4 is 4.74 Å². The summed E-state index contributed by atoms with van der Waals surface area (Å²) < 4.78 is 21.6. The van der Waals surface area contributed by atoms with E-state index in [4.69, 9.17) is 0 Å². The molecule has 0 radical (unpaired) electrons. The Morgan fingerprint density at radius 3 is 2.77 bits per heavy atom. The zero-order valence-electron chi connectivity index (χ0n) is 7.07. The van der Waals surface area contributed by atoms with E-state index in [0.717, 1.165) is 6.20 Å². The molecule has 1 aromatic rings. The molecule has 0 atom stereocenters. The number of ether oxygens (including phenoxy) is 2. The predicted octanol–water partition coefficient (Wildman–Crippen LogP) is 0.411. The Morgan fingerprint density at radius 2 is 2.23 bits per heavy atom. The first-order chi connectivity index (χ1) is 6.19. The highest BCUT2D eigenvalue weighted by Crippen LogP contribution is 2.11. The van der Waals surface area contributed by atoms with Gasteiger partial charge in [-0.1, -0.05) is 0 Å². The normalized spacial score (nSPS) is 9.46. The van der Waals surface area contributed by atoms with Crippen LogP contribution in [0.3, 0.4) is 0 Å². The molecule has 0 fully saturated rings. The summed E-state index contributed by atoms with van der Waals surface area (Å²) in [6.07, 6.45) is 0.845. The summed E-state index contributed by atoms with van der Waals surface area (Å²) in [5.41, 5.74) is 0. The second-order valence-corrected chi connectivity index (χ2v) is 2.04. The number of carbonyl (C=O) groups excluding carboxylic acids is 1. The maximum Gasteiger partial charge on any atom is 0.376 e. The first-order valence-corrected chi connectivity index (χ1v) is 3.34. The van der Waals surface area contributed by atoms with Crippen molar-refractivity contribution < 1.29 is 18.7 Å². The van der Waals surface area contributed by atoms with Crippen LogP contribution in [-0.2, 0) is 4.74 Å². The fourth-order valence-electron chi connectivity index (χ4n) is 0.684. The second kappa shape index (κ2) is 3.79. The van der Waals surface area contributed by atoms with Crippen LogP contribution in [0.2, 0.25) is 0 Å². The molecule has 0 bridgehead atoms. The third-order valence-corrected chi connectivity index (χ3v) is 1.27. The molecule has 13 heavy (non-hydrogen) atoms. The highest BCUT2D eigenvalue weighted by Gasteiger charge is 2.13. The van der Waals surface area contributed by atoms with Crippen molar-refractivity contribution in [2.75, 3.05) is 14.2 Å². The second-order valence-electron chi connectivity index (χ2n) is 2.04. The molecule has 0 aromatic carbocycles. The number of esters is 1. The Kier molecular flexibility index (Phi) is 2.73. The Balaban J connectivity index is 3.06. The van der Waals surface area contributed by atoms with E-state index in [1.807, 2.05) is 0 Å². The van der Waals surface area contributed by atoms with Gasteiger partial charge < -0.3 is 9.47 Å². The lowest BCUT2D eigenvalue weighted by atomic mass is 10.5. The minimum absolute atomic E-state index is 0.235. The van der Waals surface area contributed by atoms with E-state index in [1.54, 1.807) is 0 Å². The van der Waals surface area contributed by atoms with Crippen LogP contribution in [-0.4, -0.2) is 30.2 Å². The lowest BCUT2D eigenvalue weighted by molar-refractivity contribution is 0.0585. The van der Waals surface area contributed by atoms with Crippen LogP contribution in [0.4, 0.5) is 4.39 Å². The standard InChI is InChI=1S/C7H7FN2O3/c1-12-6-4(8)3-9-5(10-6)7(11)13-2/h3H,1-2H3. The fourth-order valence-corrected chi connectivity index (χ4v) is 0.684. The van der Waals surface area contributed by atoms with Crippen molar-refractivity contribution in [2.45, 2.75) is 0 Å². The summed E-state index contributed by atoms with van der Waals surface area (Å²) in [5.74, 6) is -1.98. The SMILES string of the molecule is COC(=O)c1ncc(F)c(OC)n1. The lowest BCUT2D eigenvalue weighted by Gasteiger charge is -2.01. The molecule has 0 saturated carbocycles. The van der Waals surface area contributed by atoms with E-state index in [9.17, 15) is 9.18 Å². The van der Waals surface area contributed by atoms with Gasteiger partial charge in [0, 0.05) is 0 Å². The Bertz CT molecular complexity index is 330. The molecule has 1 heterocycles. The van der Waals surface area contributed by atoms with Gasteiger partial charge in [0.2, 0.25) is 11.6 Å². The molecule has 0 aliphatic carbocycles. The van der Waals surface area contributed by atoms with Gasteiger partial charge in [-0.25, -0.2) is 9.78 Å². The fraction of sp³-hybridized carbons (Fsp3) is 0.286. The first-order valence-electron chi connectivity index (χ1n) is 3.34. The van der Waals surface area contributed by atoms with Crippen LogP contribution in [0, 0.1) is 5.82 Å². The van der Waals surface area contributed by atoms with Gasteiger partial charge in [-0.2, -0.15) is 9.37 Å². The van der Waals surface area contributed by atoms with Crippen molar-refractivity contribution in [1.82, 2.24) is 9.97 Å². The molecule has 0 spiro atoms. The average Bonchev–Trinajstić information content (AvgIpc) is 2.17. The van der Waals surface area contributed by atoms with E-state index in [2.05, 4.69) is 19.4 Å². The zero-order valence-corrected chi connectivity index (χ0v) is 7.07. The molecule has 0 unspecified atom stereocenters. The Labute approximate surface area is 73.5 Å². The summed E-state index contributed by atoms with van der Waals surface area (Å²) in [7, 11) is 2.42. The molecule has 6 heteroatoms. The van der Waals surface area contributed by atoms with Crippen LogP contribution in [0.15, 0.2) is 6.20 Å². The molecule has 0 aliphatic rings. The van der Waals surface area contributed by atoms with Crippen molar-refractivity contribution in [3.8, 4) is 5.88 Å². The molecule has 1 rings (SSSR count). The number of methoxy groups -OCH3 is 2. The highest BCUT2D eigenvalue weighted by atomic mass is 19.1. The number of hydrogen-bond acceptors (Lipinski definition) is 5. The zero-order chi connectivity index (χ0) is 9.84. The molecule has 0 amide bonds. The largest absolute Gasteiger partial charge is 0.479 e. The van der Waals surface area contributed by atoms with Crippen molar-refractivity contribution in [1.29, 1.82) is 0 Å². The summed E-state index contributed by atoms with van der Waals surface area (Å²) in [5, 5.41) is 0. The third-order valence-electron chi connectivity index (χ3n) is 1.27. The first kappa shape index (κ1) is 9.37. The van der Waals surface area contributed by atoms with Gasteiger partial charge in [-0.05, 0) is 0 Å². The van der Waals surface area contributed by atoms with Gasteiger partial charge in [-0.3, -0.25) is 0 Å². The van der Waals surface area contributed by atoms with Gasteiger partial charge >= 0.3 is 5.97 Å². The van der Waals surface area contributed by atoms with E-state index in [-0.39, 0.29) is 11.7 Å². The molecule has 0 N–H and O–H groups in total. The minimum Gasteiger partial charge on any atom is -0.479 e. The summed E-state index contributed by atoms with van der Waals surface area (Å²) in [4.78, 5) is 17.8. The van der Waals surface area contributed by atoms with Crippen molar-refractivity contribution >= 4 is 5.97 Å². The van der Waals surface area contributed by atoms with Crippen molar-refractivity contribution in [3.63, 3.8) is 0 Å². The van der Waals surface area contributed by atoms with E-state index in [1.165, 1.54) is 14.2 Å². The summed E-state index contributed by atoms with van der Waals surface area (Å²) >= 11 is 0. The van der Waals surface area contributed by atoms with Crippen molar-refractivity contribution in [3.05, 3.63) is 17.8 Å². The highest BCUT2D eigenvalue weighted by molar-refractivity contribution is 5.84. The Morgan fingerprint density at radius 1 is 1.54 bits per heavy atom. The van der Waals surface area contributed by atoms with Crippen LogP contribution in [0.5, 0.6) is 5.88 Å². The number of halogens is 1. The van der Waals surface area contributed by atoms with Gasteiger partial charge in [0.15, 0.2) is 0 Å². The lowest BCUT2D eigenvalue weighted by Crippen LogP contribution is -2.08. The monoisotopic (exact) mass is 186 g/mol. The van der Waals surface area contributed by atoms with E-state index < -0.39 is 11.8 Å². The number of nitrogens with zero attached hydrogens (tertiary/aromatic N) is 2. The number of rotatable bonds is 2. The van der Waals surface area contributed by atoms with Crippen LogP contribution in [0.25, 0.3) is 0 Å². The molecular formula is C7H7FN2O3. The van der Waals surface area contributed by atoms with Gasteiger partial charge in [0.05, 0.1) is 20.4 Å². The number of aromatic nitrogens is 2. The maximum atomic E-state index is 12.7. The van der Waals surface area contributed by atoms with Gasteiger partial charge in [0.25, 0.3) is 5.88 Å². The molecule has 0 saturated heterocycles. The minimum atomic E-state index is -0.738. The predicted molar refractivity (Wildman–Crippen MR) is 39.9 cm³/mol. The molecule has 0 aliphatic heterocycles. The van der Waals surface area contributed by atoms with Gasteiger partial charge in [0.1, 0.15) is 0 Å². The number of carbonyl (C=O) groups is 1. The van der Waals surface area contributed by atoms with E-state index in [0.29, 0.717) is 0 Å². The quantitative estimate of drug-likeness (QED) is 0.626. The molecule has 70 valence electrons. The maximum absolute atomic E-state index is 12.7. The topological polar surface area (TPSA) is 61.3 Å². The van der Waals surface area contributed by atoms with Crippen LogP contribution in [0.1, 0.15) is 10.6 Å². The molecule has 5 nitrogen and oxygen atoms in total. The van der Waals surface area contributed by atoms with Crippen LogP contribution >= 0.6 is 0 Å². The molecule has 1 aromatic heterocycles.